The number of likely N-dealkylation sites (tertiary alicyclic amines) is 1. The molecule has 1 saturated carbocycles. The van der Waals surface area contributed by atoms with E-state index in [1.165, 1.54) is 25.7 Å². The molecule has 3 aliphatic rings. The first-order chi connectivity index (χ1) is 11.2. The highest BCUT2D eigenvalue weighted by Gasteiger charge is 2.41. The number of aromatic nitrogens is 1. The van der Waals surface area contributed by atoms with Gasteiger partial charge in [-0.25, -0.2) is 0 Å². The average Bonchev–Trinajstić information content (AvgIpc) is 3.17. The molecule has 1 aromatic rings. The van der Waals surface area contributed by atoms with Crippen molar-refractivity contribution in [2.24, 2.45) is 0 Å². The summed E-state index contributed by atoms with van der Waals surface area (Å²) in [6.07, 6.45) is 5.04. The number of ether oxygens (including phenoxy) is 1. The summed E-state index contributed by atoms with van der Waals surface area (Å²) in [6.45, 7) is 5.58. The number of aryl methyl sites for hydroxylation is 1. The van der Waals surface area contributed by atoms with Crippen LogP contribution in [0.25, 0.3) is 0 Å². The second kappa shape index (κ2) is 6.24. The summed E-state index contributed by atoms with van der Waals surface area (Å²) in [7, 11) is 0. The summed E-state index contributed by atoms with van der Waals surface area (Å²) >= 11 is 0. The Labute approximate surface area is 136 Å². The Hall–Kier alpha value is -1.40. The van der Waals surface area contributed by atoms with Crippen molar-refractivity contribution in [1.29, 1.82) is 0 Å². The van der Waals surface area contributed by atoms with E-state index in [-0.39, 0.29) is 11.9 Å². The Morgan fingerprint density at radius 3 is 2.78 bits per heavy atom. The third kappa shape index (κ3) is 2.90. The Kier molecular flexibility index (Phi) is 4.11. The molecular weight excluding hydrogens is 294 g/mol. The largest absolute Gasteiger partial charge is 0.378 e. The summed E-state index contributed by atoms with van der Waals surface area (Å²) < 4.78 is 10.7. The number of carbonyl (C=O) groups excluding carboxylic acids is 1. The SMILES string of the molecule is Cc1cc(C2CN(C(=O)C3COCCN3C3CCCC3)C2)no1. The van der Waals surface area contributed by atoms with Gasteiger partial charge in [-0.3, -0.25) is 9.69 Å². The highest BCUT2D eigenvalue weighted by molar-refractivity contribution is 5.83. The van der Waals surface area contributed by atoms with Crippen molar-refractivity contribution in [3.8, 4) is 0 Å². The van der Waals surface area contributed by atoms with E-state index in [4.69, 9.17) is 9.26 Å². The van der Waals surface area contributed by atoms with Crippen molar-refractivity contribution in [1.82, 2.24) is 15.0 Å². The van der Waals surface area contributed by atoms with E-state index < -0.39 is 0 Å². The minimum absolute atomic E-state index is 0.0909. The summed E-state index contributed by atoms with van der Waals surface area (Å²) in [5, 5.41) is 4.07. The molecule has 1 atom stereocenters. The van der Waals surface area contributed by atoms with E-state index >= 15 is 0 Å². The smallest absolute Gasteiger partial charge is 0.242 e. The van der Waals surface area contributed by atoms with Gasteiger partial charge < -0.3 is 14.2 Å². The number of carbonyl (C=O) groups is 1. The van der Waals surface area contributed by atoms with Crippen LogP contribution in [0.4, 0.5) is 0 Å². The number of hydrogen-bond acceptors (Lipinski definition) is 5. The van der Waals surface area contributed by atoms with E-state index in [9.17, 15) is 4.79 Å². The summed E-state index contributed by atoms with van der Waals surface area (Å²) in [6, 6.07) is 2.45. The third-order valence-corrected chi connectivity index (χ3v) is 5.51. The summed E-state index contributed by atoms with van der Waals surface area (Å²) in [5.74, 6) is 1.38. The fourth-order valence-electron chi connectivity index (χ4n) is 4.14. The zero-order valence-corrected chi connectivity index (χ0v) is 13.7. The lowest BCUT2D eigenvalue weighted by atomic mass is 9.94. The Morgan fingerprint density at radius 1 is 1.30 bits per heavy atom. The normalized spacial score (nSPS) is 27.3. The fraction of sp³-hybridized carbons (Fsp3) is 0.765. The van der Waals surface area contributed by atoms with Crippen molar-refractivity contribution in [3.05, 3.63) is 17.5 Å². The number of rotatable bonds is 3. The lowest BCUT2D eigenvalue weighted by Gasteiger charge is -2.45. The molecule has 1 amide bonds. The summed E-state index contributed by atoms with van der Waals surface area (Å²) in [4.78, 5) is 17.3. The second-order valence-corrected chi connectivity index (χ2v) is 7.07. The molecule has 6 heteroatoms. The van der Waals surface area contributed by atoms with Gasteiger partial charge in [0.1, 0.15) is 11.8 Å². The molecule has 0 N–H and O–H groups in total. The van der Waals surface area contributed by atoms with E-state index in [2.05, 4.69) is 10.1 Å². The molecule has 1 unspecified atom stereocenters. The lowest BCUT2D eigenvalue weighted by molar-refractivity contribution is -0.149. The second-order valence-electron chi connectivity index (χ2n) is 7.07. The molecule has 23 heavy (non-hydrogen) atoms. The van der Waals surface area contributed by atoms with Gasteiger partial charge in [0.05, 0.1) is 18.9 Å². The molecule has 0 bridgehead atoms. The van der Waals surface area contributed by atoms with Crippen molar-refractivity contribution >= 4 is 5.91 Å². The maximum absolute atomic E-state index is 12.9. The Morgan fingerprint density at radius 2 is 2.09 bits per heavy atom. The molecule has 126 valence electrons. The molecule has 2 saturated heterocycles. The van der Waals surface area contributed by atoms with E-state index in [0.717, 1.165) is 37.7 Å². The van der Waals surface area contributed by atoms with E-state index in [1.54, 1.807) is 0 Å². The van der Waals surface area contributed by atoms with Crippen molar-refractivity contribution in [2.45, 2.75) is 50.6 Å². The Balaban J connectivity index is 1.38. The van der Waals surface area contributed by atoms with Crippen LogP contribution in [-0.2, 0) is 9.53 Å². The number of amides is 1. The fourth-order valence-corrected chi connectivity index (χ4v) is 4.14. The molecule has 3 fully saturated rings. The van der Waals surface area contributed by atoms with Gasteiger partial charge in [-0.15, -0.1) is 0 Å². The van der Waals surface area contributed by atoms with Crippen molar-refractivity contribution < 1.29 is 14.1 Å². The maximum atomic E-state index is 12.9. The van der Waals surface area contributed by atoms with Gasteiger partial charge in [0.2, 0.25) is 5.91 Å². The molecule has 0 aromatic carbocycles. The number of morpholine rings is 1. The van der Waals surface area contributed by atoms with Gasteiger partial charge in [-0.05, 0) is 19.8 Å². The highest BCUT2D eigenvalue weighted by Crippen LogP contribution is 2.31. The van der Waals surface area contributed by atoms with Crippen LogP contribution >= 0.6 is 0 Å². The first kappa shape index (κ1) is 15.1. The number of hydrogen-bond donors (Lipinski definition) is 0. The van der Waals surface area contributed by atoms with Crippen LogP contribution in [0, 0.1) is 6.92 Å². The highest BCUT2D eigenvalue weighted by atomic mass is 16.5. The zero-order chi connectivity index (χ0) is 15.8. The predicted molar refractivity (Wildman–Crippen MR) is 84.1 cm³/mol. The molecule has 0 spiro atoms. The van der Waals surface area contributed by atoms with Crippen molar-refractivity contribution in [3.63, 3.8) is 0 Å². The van der Waals surface area contributed by atoms with Crippen molar-refractivity contribution in [2.75, 3.05) is 32.8 Å². The van der Waals surface area contributed by atoms with Gasteiger partial charge in [0.15, 0.2) is 0 Å². The lowest BCUT2D eigenvalue weighted by Crippen LogP contribution is -2.61. The van der Waals surface area contributed by atoms with E-state index in [1.807, 2.05) is 17.9 Å². The Bertz CT molecular complexity index is 561. The van der Waals surface area contributed by atoms with Gasteiger partial charge in [-0.1, -0.05) is 18.0 Å². The molecule has 1 aromatic heterocycles. The molecule has 2 aliphatic heterocycles. The first-order valence-electron chi connectivity index (χ1n) is 8.78. The topological polar surface area (TPSA) is 58.8 Å². The van der Waals surface area contributed by atoms with Gasteiger partial charge in [0, 0.05) is 37.7 Å². The first-order valence-corrected chi connectivity index (χ1v) is 8.78. The molecule has 1 aliphatic carbocycles. The van der Waals surface area contributed by atoms with Crippen LogP contribution < -0.4 is 0 Å². The van der Waals surface area contributed by atoms with Crippen LogP contribution in [0.1, 0.15) is 43.1 Å². The van der Waals surface area contributed by atoms with Crippen LogP contribution in [0.15, 0.2) is 10.6 Å². The van der Waals surface area contributed by atoms with Crippen LogP contribution in [0.3, 0.4) is 0 Å². The molecule has 0 radical (unpaired) electrons. The zero-order valence-electron chi connectivity index (χ0n) is 13.7. The van der Waals surface area contributed by atoms with Crippen LogP contribution in [0.2, 0.25) is 0 Å². The third-order valence-electron chi connectivity index (χ3n) is 5.51. The van der Waals surface area contributed by atoms with Crippen LogP contribution in [-0.4, -0.2) is 65.8 Å². The average molecular weight is 319 g/mol. The summed E-state index contributed by atoms with van der Waals surface area (Å²) in [5.41, 5.74) is 0.971. The number of nitrogens with zero attached hydrogens (tertiary/aromatic N) is 3. The standard InChI is InChI=1S/C17H25N3O3/c1-12-8-15(18-23-12)13-9-19(10-13)17(21)16-11-22-7-6-20(16)14-4-2-3-5-14/h8,13-14,16H,2-7,9-11H2,1H3. The predicted octanol–water partition coefficient (Wildman–Crippen LogP) is 1.55. The van der Waals surface area contributed by atoms with Gasteiger partial charge in [-0.2, -0.15) is 0 Å². The molecular formula is C17H25N3O3. The van der Waals surface area contributed by atoms with E-state index in [0.29, 0.717) is 18.6 Å². The minimum atomic E-state index is -0.0909. The quantitative estimate of drug-likeness (QED) is 0.846. The molecule has 3 heterocycles. The minimum Gasteiger partial charge on any atom is -0.378 e. The molecule has 6 nitrogen and oxygen atoms in total. The maximum Gasteiger partial charge on any atom is 0.242 e. The van der Waals surface area contributed by atoms with Gasteiger partial charge in [0.25, 0.3) is 0 Å². The van der Waals surface area contributed by atoms with Gasteiger partial charge >= 0.3 is 0 Å². The molecule has 4 rings (SSSR count). The monoisotopic (exact) mass is 319 g/mol. The van der Waals surface area contributed by atoms with Crippen LogP contribution in [0.5, 0.6) is 0 Å².